The summed E-state index contributed by atoms with van der Waals surface area (Å²) in [6.45, 7) is 0.801. The van der Waals surface area contributed by atoms with Crippen molar-refractivity contribution in [1.29, 1.82) is 0 Å². The molecule has 126 valence electrons. The molecule has 2 aromatic heterocycles. The molecule has 3 rings (SSSR count). The molecule has 0 atom stereocenters. The normalized spacial score (nSPS) is 10.3. The molecule has 0 radical (unpaired) electrons. The van der Waals surface area contributed by atoms with Crippen molar-refractivity contribution in [1.82, 2.24) is 20.3 Å². The summed E-state index contributed by atoms with van der Waals surface area (Å²) in [5, 5.41) is 5.78. The molecular weight excluding hydrogens is 321 g/mol. The summed E-state index contributed by atoms with van der Waals surface area (Å²) in [5.74, 6) is -0.182. The predicted octanol–water partition coefficient (Wildman–Crippen LogP) is 2.55. The van der Waals surface area contributed by atoms with Crippen molar-refractivity contribution in [2.45, 2.75) is 13.1 Å². The number of carbonyl (C=O) groups excluding carboxylic acids is 1. The van der Waals surface area contributed by atoms with E-state index in [0.29, 0.717) is 24.6 Å². The van der Waals surface area contributed by atoms with Crippen LogP contribution >= 0.6 is 0 Å². The number of hydrogen-bond donors (Lipinski definition) is 2. The molecule has 7 heteroatoms. The average molecular weight is 337 g/mol. The number of pyridine rings is 1. The fraction of sp³-hybridized carbons (Fsp3) is 0.111. The number of nitrogens with zero attached hydrogens (tertiary/aromatic N) is 3. The summed E-state index contributed by atoms with van der Waals surface area (Å²) in [4.78, 5) is 24.5. The molecule has 6 nitrogen and oxygen atoms in total. The fourth-order valence-electron chi connectivity index (χ4n) is 2.10. The number of rotatable bonds is 6. The number of amides is 1. The van der Waals surface area contributed by atoms with E-state index in [2.05, 4.69) is 25.6 Å². The first-order chi connectivity index (χ1) is 12.2. The monoisotopic (exact) mass is 337 g/mol. The van der Waals surface area contributed by atoms with Crippen LogP contribution in [0.4, 0.5) is 10.3 Å². The molecule has 1 amide bonds. The molecule has 0 spiro atoms. The Morgan fingerprint density at radius 3 is 2.40 bits per heavy atom. The van der Waals surface area contributed by atoms with E-state index in [4.69, 9.17) is 0 Å². The highest BCUT2D eigenvalue weighted by Gasteiger charge is 2.07. The van der Waals surface area contributed by atoms with Crippen LogP contribution in [0.5, 0.6) is 0 Å². The molecule has 0 aliphatic heterocycles. The first kappa shape index (κ1) is 16.5. The van der Waals surface area contributed by atoms with Crippen LogP contribution in [-0.4, -0.2) is 20.9 Å². The molecule has 3 aromatic rings. The van der Waals surface area contributed by atoms with E-state index in [9.17, 15) is 9.18 Å². The first-order valence-electron chi connectivity index (χ1n) is 7.69. The molecule has 2 heterocycles. The maximum atomic E-state index is 12.8. The predicted molar refractivity (Wildman–Crippen MR) is 91.2 cm³/mol. The van der Waals surface area contributed by atoms with Gasteiger partial charge in [0.25, 0.3) is 5.91 Å². The van der Waals surface area contributed by atoms with Crippen molar-refractivity contribution in [3.8, 4) is 0 Å². The molecule has 1 aromatic carbocycles. The second-order valence-electron chi connectivity index (χ2n) is 5.28. The van der Waals surface area contributed by atoms with Gasteiger partial charge in [-0.25, -0.2) is 14.4 Å². The minimum absolute atomic E-state index is 0.291. The number of benzene rings is 1. The highest BCUT2D eigenvalue weighted by atomic mass is 19.1. The Morgan fingerprint density at radius 2 is 1.72 bits per heavy atom. The molecule has 0 bridgehead atoms. The zero-order chi connectivity index (χ0) is 17.5. The fourth-order valence-corrected chi connectivity index (χ4v) is 2.10. The van der Waals surface area contributed by atoms with E-state index in [1.54, 1.807) is 18.3 Å². The van der Waals surface area contributed by atoms with Gasteiger partial charge in [-0.15, -0.1) is 0 Å². The lowest BCUT2D eigenvalue weighted by Crippen LogP contribution is -2.23. The van der Waals surface area contributed by atoms with Gasteiger partial charge in [-0.1, -0.05) is 18.2 Å². The van der Waals surface area contributed by atoms with Crippen LogP contribution in [0.3, 0.4) is 0 Å². The average Bonchev–Trinajstić information content (AvgIpc) is 2.67. The maximum Gasteiger partial charge on any atom is 0.254 e. The zero-order valence-electron chi connectivity index (χ0n) is 13.3. The van der Waals surface area contributed by atoms with Crippen molar-refractivity contribution < 1.29 is 9.18 Å². The van der Waals surface area contributed by atoms with E-state index in [1.165, 1.54) is 24.5 Å². The SMILES string of the molecule is O=C(NCc1ccc(F)cc1)c1cnc(NCc2ccccn2)nc1. The van der Waals surface area contributed by atoms with Crippen LogP contribution < -0.4 is 10.6 Å². The summed E-state index contributed by atoms with van der Waals surface area (Å²) in [5.41, 5.74) is 2.03. The topological polar surface area (TPSA) is 79.8 Å². The second-order valence-corrected chi connectivity index (χ2v) is 5.28. The smallest absolute Gasteiger partial charge is 0.254 e. The molecule has 25 heavy (non-hydrogen) atoms. The highest BCUT2D eigenvalue weighted by Crippen LogP contribution is 2.05. The van der Waals surface area contributed by atoms with Gasteiger partial charge in [-0.3, -0.25) is 9.78 Å². The third-order valence-corrected chi connectivity index (χ3v) is 3.43. The Balaban J connectivity index is 1.52. The zero-order valence-corrected chi connectivity index (χ0v) is 13.3. The van der Waals surface area contributed by atoms with Crippen LogP contribution in [0.1, 0.15) is 21.6 Å². The van der Waals surface area contributed by atoms with E-state index in [0.717, 1.165) is 11.3 Å². The highest BCUT2D eigenvalue weighted by molar-refractivity contribution is 5.93. The quantitative estimate of drug-likeness (QED) is 0.723. The summed E-state index contributed by atoms with van der Waals surface area (Å²) in [6.07, 6.45) is 4.62. The number of halogens is 1. The van der Waals surface area contributed by atoms with E-state index < -0.39 is 0 Å². The number of carbonyl (C=O) groups is 1. The minimum atomic E-state index is -0.308. The number of aromatic nitrogens is 3. The van der Waals surface area contributed by atoms with Gasteiger partial charge < -0.3 is 10.6 Å². The second kappa shape index (κ2) is 7.96. The van der Waals surface area contributed by atoms with Gasteiger partial charge in [-0.2, -0.15) is 0 Å². The minimum Gasteiger partial charge on any atom is -0.349 e. The van der Waals surface area contributed by atoms with Crippen LogP contribution in [0.2, 0.25) is 0 Å². The summed E-state index contributed by atoms with van der Waals surface area (Å²) in [6, 6.07) is 11.6. The molecule has 0 unspecified atom stereocenters. The largest absolute Gasteiger partial charge is 0.349 e. The first-order valence-corrected chi connectivity index (χ1v) is 7.69. The molecule has 0 saturated heterocycles. The Morgan fingerprint density at radius 1 is 0.960 bits per heavy atom. The lowest BCUT2D eigenvalue weighted by atomic mass is 10.2. The molecule has 0 aliphatic carbocycles. The third-order valence-electron chi connectivity index (χ3n) is 3.43. The molecule has 0 fully saturated rings. The van der Waals surface area contributed by atoms with Gasteiger partial charge in [0, 0.05) is 25.1 Å². The molecule has 0 aliphatic rings. The summed E-state index contributed by atoms with van der Waals surface area (Å²) >= 11 is 0. The molecule has 0 saturated carbocycles. The van der Waals surface area contributed by atoms with Gasteiger partial charge in [0.15, 0.2) is 0 Å². The van der Waals surface area contributed by atoms with E-state index in [1.807, 2.05) is 18.2 Å². The van der Waals surface area contributed by atoms with E-state index >= 15 is 0 Å². The van der Waals surface area contributed by atoms with Gasteiger partial charge in [0.1, 0.15) is 5.82 Å². The lowest BCUT2D eigenvalue weighted by Gasteiger charge is -2.07. The molecular formula is C18H16FN5O. The maximum absolute atomic E-state index is 12.8. The van der Waals surface area contributed by atoms with Gasteiger partial charge in [0.05, 0.1) is 17.8 Å². The van der Waals surface area contributed by atoms with E-state index in [-0.39, 0.29) is 11.7 Å². The Labute approximate surface area is 144 Å². The van der Waals surface area contributed by atoms with Crippen LogP contribution in [0.25, 0.3) is 0 Å². The Bertz CT molecular complexity index is 822. The van der Waals surface area contributed by atoms with Crippen LogP contribution in [-0.2, 0) is 13.1 Å². The van der Waals surface area contributed by atoms with Crippen molar-refractivity contribution >= 4 is 11.9 Å². The van der Waals surface area contributed by atoms with Crippen molar-refractivity contribution in [2.75, 3.05) is 5.32 Å². The number of nitrogens with one attached hydrogen (secondary N) is 2. The Kier molecular flexibility index (Phi) is 5.26. The van der Waals surface area contributed by atoms with Gasteiger partial charge in [0.2, 0.25) is 5.95 Å². The van der Waals surface area contributed by atoms with Crippen LogP contribution in [0.15, 0.2) is 61.1 Å². The standard InChI is InChI=1S/C18H16FN5O/c19-15-6-4-13(5-7-15)9-21-17(25)14-10-22-18(23-11-14)24-12-16-3-1-2-8-20-16/h1-8,10-11H,9,12H2,(H,21,25)(H,22,23,24). The molecule has 2 N–H and O–H groups in total. The van der Waals surface area contributed by atoms with Gasteiger partial charge in [-0.05, 0) is 29.8 Å². The Hall–Kier alpha value is -3.35. The van der Waals surface area contributed by atoms with Crippen LogP contribution in [0, 0.1) is 5.82 Å². The summed E-state index contributed by atoms with van der Waals surface area (Å²) in [7, 11) is 0. The van der Waals surface area contributed by atoms with Crippen molar-refractivity contribution in [3.63, 3.8) is 0 Å². The third kappa shape index (κ3) is 4.81. The van der Waals surface area contributed by atoms with Gasteiger partial charge >= 0.3 is 0 Å². The lowest BCUT2D eigenvalue weighted by molar-refractivity contribution is 0.0950. The number of hydrogen-bond acceptors (Lipinski definition) is 5. The summed E-state index contributed by atoms with van der Waals surface area (Å²) < 4.78 is 12.8. The number of anilines is 1. The van der Waals surface area contributed by atoms with Crippen molar-refractivity contribution in [2.24, 2.45) is 0 Å². The van der Waals surface area contributed by atoms with Crippen molar-refractivity contribution in [3.05, 3.63) is 83.7 Å².